The Balaban J connectivity index is 1.60. The minimum absolute atomic E-state index is 0.0869. The number of rotatable bonds is 3. The van der Waals surface area contributed by atoms with E-state index in [4.69, 9.17) is 0 Å². The number of nitrogens with zero attached hydrogens (tertiary/aromatic N) is 3. The molecule has 0 aromatic carbocycles. The summed E-state index contributed by atoms with van der Waals surface area (Å²) in [5.41, 5.74) is 3.50. The summed E-state index contributed by atoms with van der Waals surface area (Å²) in [4.78, 5) is 18.8. The first kappa shape index (κ1) is 15.0. The molecule has 22 heavy (non-hydrogen) atoms. The molecule has 1 saturated heterocycles. The van der Waals surface area contributed by atoms with Crippen LogP contribution in [-0.4, -0.2) is 27.5 Å². The van der Waals surface area contributed by atoms with Gasteiger partial charge in [-0.1, -0.05) is 6.07 Å². The molecule has 0 saturated carbocycles. The van der Waals surface area contributed by atoms with E-state index in [0.717, 1.165) is 43.9 Å². The van der Waals surface area contributed by atoms with Crippen molar-refractivity contribution in [2.24, 2.45) is 7.05 Å². The third kappa shape index (κ3) is 3.45. The molecule has 4 heteroatoms. The molecule has 0 bridgehead atoms. The van der Waals surface area contributed by atoms with Gasteiger partial charge < -0.3 is 4.57 Å². The average molecular weight is 297 g/mol. The smallest absolute Gasteiger partial charge is 0.250 e. The molecule has 0 unspecified atom stereocenters. The highest BCUT2D eigenvalue weighted by molar-refractivity contribution is 5.17. The summed E-state index contributed by atoms with van der Waals surface area (Å²) < 4.78 is 1.63. The number of likely N-dealkylation sites (tertiary alicyclic amines) is 1. The highest BCUT2D eigenvalue weighted by atomic mass is 16.1. The molecule has 3 rings (SSSR count). The lowest BCUT2D eigenvalue weighted by Gasteiger charge is -2.32. The van der Waals surface area contributed by atoms with Crippen LogP contribution in [0.25, 0.3) is 0 Å². The van der Waals surface area contributed by atoms with Gasteiger partial charge in [0, 0.05) is 31.5 Å². The Morgan fingerprint density at radius 1 is 1.23 bits per heavy atom. The minimum atomic E-state index is 0.0869. The lowest BCUT2D eigenvalue weighted by molar-refractivity contribution is 0.202. The largest absolute Gasteiger partial charge is 0.319 e. The molecule has 1 fully saturated rings. The molecule has 1 aliphatic rings. The number of aryl methyl sites for hydroxylation is 2. The molecule has 0 N–H and O–H groups in total. The third-order valence-electron chi connectivity index (χ3n) is 4.52. The van der Waals surface area contributed by atoms with E-state index in [9.17, 15) is 4.79 Å². The fraction of sp³-hybridized carbons (Fsp3) is 0.444. The number of piperidine rings is 1. The zero-order valence-electron chi connectivity index (χ0n) is 13.3. The van der Waals surface area contributed by atoms with Gasteiger partial charge in [0.05, 0.1) is 5.69 Å². The van der Waals surface area contributed by atoms with Crippen molar-refractivity contribution in [3.05, 3.63) is 63.8 Å². The van der Waals surface area contributed by atoms with E-state index in [1.807, 2.05) is 19.2 Å². The molecule has 2 aromatic rings. The Labute approximate surface area is 131 Å². The predicted molar refractivity (Wildman–Crippen MR) is 87.9 cm³/mol. The fourth-order valence-electron chi connectivity index (χ4n) is 3.16. The Morgan fingerprint density at radius 2 is 2.00 bits per heavy atom. The highest BCUT2D eigenvalue weighted by Gasteiger charge is 2.21. The van der Waals surface area contributed by atoms with Gasteiger partial charge in [-0.3, -0.25) is 14.7 Å². The van der Waals surface area contributed by atoms with Crippen molar-refractivity contribution in [1.82, 2.24) is 14.5 Å². The summed E-state index contributed by atoms with van der Waals surface area (Å²) in [5.74, 6) is 0.510. The van der Waals surface area contributed by atoms with Gasteiger partial charge in [0.1, 0.15) is 0 Å². The average Bonchev–Trinajstić information content (AvgIpc) is 2.51. The summed E-state index contributed by atoms with van der Waals surface area (Å²) in [7, 11) is 1.80. The van der Waals surface area contributed by atoms with Crippen LogP contribution in [0.4, 0.5) is 0 Å². The van der Waals surface area contributed by atoms with Crippen LogP contribution in [0.15, 0.2) is 41.3 Å². The molecule has 1 aliphatic heterocycles. The number of pyridine rings is 2. The van der Waals surface area contributed by atoms with Crippen LogP contribution < -0.4 is 5.56 Å². The second-order valence-corrected chi connectivity index (χ2v) is 6.23. The second-order valence-electron chi connectivity index (χ2n) is 6.23. The summed E-state index contributed by atoms with van der Waals surface area (Å²) in [6.07, 6.45) is 4.10. The van der Waals surface area contributed by atoms with Gasteiger partial charge in [-0.2, -0.15) is 0 Å². The van der Waals surface area contributed by atoms with Crippen LogP contribution in [0.1, 0.15) is 35.7 Å². The van der Waals surface area contributed by atoms with Gasteiger partial charge in [-0.25, -0.2) is 0 Å². The van der Waals surface area contributed by atoms with Crippen molar-refractivity contribution in [2.75, 3.05) is 13.1 Å². The van der Waals surface area contributed by atoms with Crippen LogP contribution >= 0.6 is 0 Å². The maximum Gasteiger partial charge on any atom is 0.250 e. The Hall–Kier alpha value is -1.94. The zero-order chi connectivity index (χ0) is 15.5. The Kier molecular flexibility index (Phi) is 4.39. The van der Waals surface area contributed by atoms with Gasteiger partial charge in [0.25, 0.3) is 5.56 Å². The summed E-state index contributed by atoms with van der Waals surface area (Å²) in [6, 6.07) is 10.1. The van der Waals surface area contributed by atoms with Gasteiger partial charge in [0.2, 0.25) is 0 Å². The van der Waals surface area contributed by atoms with Crippen LogP contribution in [0.3, 0.4) is 0 Å². The van der Waals surface area contributed by atoms with Crippen molar-refractivity contribution in [3.63, 3.8) is 0 Å². The van der Waals surface area contributed by atoms with Crippen molar-refractivity contribution < 1.29 is 0 Å². The summed E-state index contributed by atoms with van der Waals surface area (Å²) in [5, 5.41) is 0. The van der Waals surface area contributed by atoms with Gasteiger partial charge in [-0.05, 0) is 62.5 Å². The number of hydrogen-bond donors (Lipinski definition) is 0. The van der Waals surface area contributed by atoms with Gasteiger partial charge in [-0.15, -0.1) is 0 Å². The van der Waals surface area contributed by atoms with Crippen LogP contribution in [0.2, 0.25) is 0 Å². The first-order valence-electron chi connectivity index (χ1n) is 7.93. The zero-order valence-corrected chi connectivity index (χ0v) is 13.3. The molecule has 0 spiro atoms. The lowest BCUT2D eigenvalue weighted by atomic mass is 9.90. The summed E-state index contributed by atoms with van der Waals surface area (Å²) in [6.45, 7) is 5.08. The van der Waals surface area contributed by atoms with E-state index >= 15 is 0 Å². The lowest BCUT2D eigenvalue weighted by Crippen LogP contribution is -2.33. The van der Waals surface area contributed by atoms with E-state index in [1.54, 1.807) is 17.7 Å². The predicted octanol–water partition coefficient (Wildman–Crippen LogP) is 2.47. The molecular weight excluding hydrogens is 274 g/mol. The van der Waals surface area contributed by atoms with Crippen LogP contribution in [0.5, 0.6) is 0 Å². The quantitative estimate of drug-likeness (QED) is 0.873. The van der Waals surface area contributed by atoms with Crippen molar-refractivity contribution in [3.8, 4) is 0 Å². The normalized spacial score (nSPS) is 16.8. The molecule has 4 nitrogen and oxygen atoms in total. The molecule has 3 heterocycles. The Morgan fingerprint density at radius 3 is 2.68 bits per heavy atom. The first-order valence-corrected chi connectivity index (χ1v) is 7.93. The topological polar surface area (TPSA) is 38.1 Å². The van der Waals surface area contributed by atoms with Gasteiger partial charge >= 0.3 is 0 Å². The van der Waals surface area contributed by atoms with Crippen LogP contribution in [0, 0.1) is 6.92 Å². The van der Waals surface area contributed by atoms with E-state index in [0.29, 0.717) is 5.92 Å². The Bertz CT molecular complexity index is 699. The SMILES string of the molecule is Cc1cccc(CN2CCC(c3ccn(C)c(=O)c3)CC2)n1. The van der Waals surface area contributed by atoms with Gasteiger partial charge in [0.15, 0.2) is 0 Å². The van der Waals surface area contributed by atoms with E-state index < -0.39 is 0 Å². The summed E-state index contributed by atoms with van der Waals surface area (Å²) >= 11 is 0. The molecule has 0 amide bonds. The standard InChI is InChI=1S/C18H23N3O/c1-14-4-3-5-17(19-14)13-21-10-7-15(8-11-21)16-6-9-20(2)18(22)12-16/h3-6,9,12,15H,7-8,10-11,13H2,1-2H3. The molecule has 116 valence electrons. The van der Waals surface area contributed by atoms with E-state index in [1.165, 1.54) is 5.56 Å². The molecule has 0 radical (unpaired) electrons. The fourth-order valence-corrected chi connectivity index (χ4v) is 3.16. The number of hydrogen-bond acceptors (Lipinski definition) is 3. The van der Waals surface area contributed by atoms with E-state index in [2.05, 4.69) is 28.1 Å². The number of aromatic nitrogens is 2. The van der Waals surface area contributed by atoms with Crippen LogP contribution in [-0.2, 0) is 13.6 Å². The third-order valence-corrected chi connectivity index (χ3v) is 4.52. The molecule has 0 atom stereocenters. The van der Waals surface area contributed by atoms with Crippen molar-refractivity contribution in [2.45, 2.75) is 32.2 Å². The second kappa shape index (κ2) is 6.44. The highest BCUT2D eigenvalue weighted by Crippen LogP contribution is 2.27. The first-order chi connectivity index (χ1) is 10.6. The monoisotopic (exact) mass is 297 g/mol. The minimum Gasteiger partial charge on any atom is -0.319 e. The van der Waals surface area contributed by atoms with Crippen molar-refractivity contribution >= 4 is 0 Å². The van der Waals surface area contributed by atoms with E-state index in [-0.39, 0.29) is 5.56 Å². The molecular formula is C18H23N3O. The molecule has 0 aliphatic carbocycles. The molecule has 2 aromatic heterocycles. The maximum atomic E-state index is 11.8. The van der Waals surface area contributed by atoms with Crippen molar-refractivity contribution in [1.29, 1.82) is 0 Å². The maximum absolute atomic E-state index is 11.8.